The molecule has 0 spiro atoms. The van der Waals surface area contributed by atoms with E-state index in [4.69, 9.17) is 0 Å². The average molecular weight is 134 g/mol. The lowest BCUT2D eigenvalue weighted by molar-refractivity contribution is 1.00. The van der Waals surface area contributed by atoms with E-state index in [1.807, 2.05) is 13.1 Å². The molecule has 0 atom stereocenters. The number of nitrogens with one attached hydrogen (secondary N) is 1. The predicted octanol–water partition coefficient (Wildman–Crippen LogP) is 1.16. The lowest BCUT2D eigenvalue weighted by Gasteiger charge is -1.75. The number of hydrogen-bond donors (Lipinski definition) is 2. The smallest absolute Gasteiger partial charge is 0.118 e. The third-order valence-electron chi connectivity index (χ3n) is 0.804. The summed E-state index contributed by atoms with van der Waals surface area (Å²) in [5, 5.41) is 7.20. The fraction of sp³-hybridized carbons (Fsp3) is 0.250. The van der Waals surface area contributed by atoms with Crippen molar-refractivity contribution in [1.29, 1.82) is 0 Å². The van der Waals surface area contributed by atoms with Crippen molar-refractivity contribution in [2.45, 2.75) is 11.9 Å². The largest absolute Gasteiger partial charge is 0.284 e. The highest BCUT2D eigenvalue weighted by Gasteiger charge is 1.89. The number of halogens is 1. The number of thiol groups is 1. The molecule has 0 saturated heterocycles. The summed E-state index contributed by atoms with van der Waals surface area (Å²) in [6, 6.07) is 0. The van der Waals surface area contributed by atoms with Crippen molar-refractivity contribution in [2.24, 2.45) is 0 Å². The number of nitrogens with zero attached hydrogens (tertiary/aromatic N) is 1. The maximum atomic E-state index is 4.01. The lowest BCUT2D eigenvalue weighted by atomic mass is 10.4. The molecule has 1 heterocycles. The van der Waals surface area contributed by atoms with Crippen LogP contribution in [0.5, 0.6) is 0 Å². The van der Waals surface area contributed by atoms with Gasteiger partial charge in [-0.25, -0.2) is 0 Å². The fourth-order valence-electron chi connectivity index (χ4n) is 0.343. The highest BCUT2D eigenvalue weighted by atomic mass is 32.1. The summed E-state index contributed by atoms with van der Waals surface area (Å²) in [5.41, 5.74) is 1.09. The number of aromatic amines is 1. The van der Waals surface area contributed by atoms with Crippen LogP contribution in [0.2, 0.25) is 0 Å². The molecule has 0 aromatic carbocycles. The Morgan fingerprint density at radius 3 is 2.50 bits per heavy atom. The number of rotatable bonds is 0. The molecule has 0 fully saturated rings. The van der Waals surface area contributed by atoms with E-state index in [0.717, 1.165) is 10.6 Å². The summed E-state index contributed by atoms with van der Waals surface area (Å²) in [7, 11) is 0. The van der Waals surface area contributed by atoms with E-state index in [1.165, 1.54) is 0 Å². The minimum Gasteiger partial charge on any atom is -0.284 e. The highest BCUT2D eigenvalue weighted by molar-refractivity contribution is 7.80. The summed E-state index contributed by atoms with van der Waals surface area (Å²) in [6.45, 7) is 1.95. The van der Waals surface area contributed by atoms with Crippen molar-refractivity contribution in [2.75, 3.05) is 0 Å². The molecule has 1 aromatic heterocycles. The molecule has 1 aromatic rings. The second-order valence-corrected chi connectivity index (χ2v) is 1.82. The Morgan fingerprint density at radius 1 is 1.75 bits per heavy atom. The van der Waals surface area contributed by atoms with Crippen LogP contribution >= 0.6 is 12.6 Å². The Labute approximate surface area is 52.1 Å². The molecule has 0 amide bonds. The van der Waals surface area contributed by atoms with Gasteiger partial charge >= 0.3 is 0 Å². The standard InChI is InChI=1S/C4H6N2S.FH/c1-3-2-5-6-4(3)7;/h2H,1H3,(H2,5,6,7);1H. The van der Waals surface area contributed by atoms with Crippen LogP contribution in [0.1, 0.15) is 5.56 Å². The number of hydrogen-bond acceptors (Lipinski definition) is 2. The normalized spacial score (nSPS) is 8.25. The van der Waals surface area contributed by atoms with Crippen molar-refractivity contribution in [3.05, 3.63) is 11.8 Å². The molecule has 0 saturated carbocycles. The summed E-state index contributed by atoms with van der Waals surface area (Å²) in [4.78, 5) is 0. The number of H-pyrrole nitrogens is 1. The van der Waals surface area contributed by atoms with Crippen molar-refractivity contribution in [3.8, 4) is 0 Å². The minimum atomic E-state index is 0. The molecule has 0 aliphatic heterocycles. The topological polar surface area (TPSA) is 28.7 Å². The van der Waals surface area contributed by atoms with Crippen LogP contribution in [0, 0.1) is 6.92 Å². The monoisotopic (exact) mass is 134 g/mol. The molecule has 0 aliphatic rings. The molecule has 46 valence electrons. The third-order valence-corrected chi connectivity index (χ3v) is 1.26. The first kappa shape index (κ1) is 7.49. The van der Waals surface area contributed by atoms with Crippen molar-refractivity contribution in [3.63, 3.8) is 0 Å². The van der Waals surface area contributed by atoms with Crippen molar-refractivity contribution < 1.29 is 4.70 Å². The zero-order valence-electron chi connectivity index (χ0n) is 4.38. The van der Waals surface area contributed by atoms with Gasteiger partial charge in [0.25, 0.3) is 0 Å². The SMILES string of the molecule is Cc1c[nH]nc1S.F. The van der Waals surface area contributed by atoms with Gasteiger partial charge in [0.15, 0.2) is 0 Å². The van der Waals surface area contributed by atoms with Gasteiger partial charge in [-0.3, -0.25) is 9.80 Å². The Morgan fingerprint density at radius 2 is 2.38 bits per heavy atom. The first-order valence-electron chi connectivity index (χ1n) is 2.00. The van der Waals surface area contributed by atoms with Gasteiger partial charge in [0.05, 0.1) is 0 Å². The van der Waals surface area contributed by atoms with Crippen LogP contribution in [0.3, 0.4) is 0 Å². The van der Waals surface area contributed by atoms with E-state index in [2.05, 4.69) is 22.8 Å². The Bertz CT molecular complexity index is 146. The van der Waals surface area contributed by atoms with E-state index >= 15 is 0 Å². The van der Waals surface area contributed by atoms with Gasteiger partial charge in [0.2, 0.25) is 0 Å². The minimum absolute atomic E-state index is 0. The second kappa shape index (κ2) is 2.71. The third kappa shape index (κ3) is 1.23. The van der Waals surface area contributed by atoms with Gasteiger partial charge in [-0.15, -0.1) is 12.6 Å². The number of aryl methyl sites for hydroxylation is 1. The predicted molar refractivity (Wildman–Crippen MR) is 33.1 cm³/mol. The van der Waals surface area contributed by atoms with Crippen molar-refractivity contribution in [1.82, 2.24) is 10.2 Å². The molecular weight excluding hydrogens is 127 g/mol. The van der Waals surface area contributed by atoms with Gasteiger partial charge in [-0.1, -0.05) is 0 Å². The van der Waals surface area contributed by atoms with Gasteiger partial charge in [-0.05, 0) is 6.92 Å². The van der Waals surface area contributed by atoms with E-state index in [0.29, 0.717) is 0 Å². The van der Waals surface area contributed by atoms with Crippen LogP contribution in [0.25, 0.3) is 0 Å². The Kier molecular flexibility index (Phi) is 2.54. The Hall–Kier alpha value is -0.510. The molecule has 1 rings (SSSR count). The molecule has 0 bridgehead atoms. The molecule has 0 aliphatic carbocycles. The molecule has 2 nitrogen and oxygen atoms in total. The van der Waals surface area contributed by atoms with E-state index in [1.54, 1.807) is 0 Å². The maximum absolute atomic E-state index is 4.01. The van der Waals surface area contributed by atoms with Crippen LogP contribution in [0.15, 0.2) is 11.2 Å². The van der Waals surface area contributed by atoms with Gasteiger partial charge in [0, 0.05) is 11.8 Å². The van der Waals surface area contributed by atoms with Crippen LogP contribution < -0.4 is 0 Å². The first-order chi connectivity index (χ1) is 3.30. The maximum Gasteiger partial charge on any atom is 0.118 e. The molecule has 8 heavy (non-hydrogen) atoms. The summed E-state index contributed by atoms with van der Waals surface area (Å²) >= 11 is 4.01. The lowest BCUT2D eigenvalue weighted by Crippen LogP contribution is -1.64. The second-order valence-electron chi connectivity index (χ2n) is 1.39. The molecule has 0 unspecified atom stereocenters. The highest BCUT2D eigenvalue weighted by Crippen LogP contribution is 2.04. The quantitative estimate of drug-likeness (QED) is 0.512. The van der Waals surface area contributed by atoms with Gasteiger partial charge < -0.3 is 0 Å². The molecule has 1 N–H and O–H groups in total. The number of aromatic nitrogens is 2. The molecular formula is C4H7FN2S. The Balaban J connectivity index is 0.000000490. The van der Waals surface area contributed by atoms with Gasteiger partial charge in [0.1, 0.15) is 5.03 Å². The molecule has 4 heteroatoms. The van der Waals surface area contributed by atoms with Crippen LogP contribution in [-0.4, -0.2) is 10.2 Å². The van der Waals surface area contributed by atoms with Gasteiger partial charge in [-0.2, -0.15) is 5.10 Å². The summed E-state index contributed by atoms with van der Waals surface area (Å²) < 4.78 is 0. The van der Waals surface area contributed by atoms with E-state index in [9.17, 15) is 0 Å². The van der Waals surface area contributed by atoms with Crippen LogP contribution in [0.4, 0.5) is 4.70 Å². The fourth-order valence-corrected chi connectivity index (χ4v) is 0.465. The summed E-state index contributed by atoms with van der Waals surface area (Å²) in [6.07, 6.45) is 1.81. The van der Waals surface area contributed by atoms with Crippen molar-refractivity contribution >= 4 is 12.6 Å². The summed E-state index contributed by atoms with van der Waals surface area (Å²) in [5.74, 6) is 0. The van der Waals surface area contributed by atoms with Crippen LogP contribution in [-0.2, 0) is 0 Å². The first-order valence-corrected chi connectivity index (χ1v) is 2.45. The van der Waals surface area contributed by atoms with E-state index < -0.39 is 0 Å². The average Bonchev–Trinajstić information content (AvgIpc) is 1.91. The zero-order chi connectivity index (χ0) is 5.28. The molecule has 0 radical (unpaired) electrons. The van der Waals surface area contributed by atoms with E-state index in [-0.39, 0.29) is 4.70 Å². The zero-order valence-corrected chi connectivity index (χ0v) is 5.27.